The summed E-state index contributed by atoms with van der Waals surface area (Å²) in [7, 11) is -3.59. The van der Waals surface area contributed by atoms with Gasteiger partial charge in [-0.1, -0.05) is 42.6 Å². The molecule has 2 aromatic carbocycles. The lowest BCUT2D eigenvalue weighted by molar-refractivity contribution is -0.122. The standard InChI is InChI=1S/C21H23ClN2O3S/c22-18-7-3-4-15(12-18)14-28(26,27)23-19-9-8-16-10-11-24(20(16)13-19)21(25)17-5-1-2-6-17/h3-4,7-9,12-13,17,23H,1-2,5-6,10-11,14H2. The Morgan fingerprint density at radius 1 is 1.14 bits per heavy atom. The average Bonchev–Trinajstić information content (AvgIpc) is 3.30. The number of hydrogen-bond donors (Lipinski definition) is 1. The van der Waals surface area contributed by atoms with Crippen LogP contribution >= 0.6 is 11.6 Å². The first kappa shape index (κ1) is 19.3. The lowest BCUT2D eigenvalue weighted by atomic mass is 10.1. The maximum atomic E-state index is 12.9. The van der Waals surface area contributed by atoms with Gasteiger partial charge < -0.3 is 4.90 Å². The van der Waals surface area contributed by atoms with Crippen molar-refractivity contribution >= 4 is 38.9 Å². The third-order valence-corrected chi connectivity index (χ3v) is 6.97. The molecule has 148 valence electrons. The van der Waals surface area contributed by atoms with Crippen LogP contribution in [0.5, 0.6) is 0 Å². The van der Waals surface area contributed by atoms with E-state index in [2.05, 4.69) is 4.72 Å². The van der Waals surface area contributed by atoms with E-state index >= 15 is 0 Å². The van der Waals surface area contributed by atoms with Crippen LogP contribution in [-0.2, 0) is 27.0 Å². The molecular weight excluding hydrogens is 396 g/mol. The summed E-state index contributed by atoms with van der Waals surface area (Å²) in [6.45, 7) is 0.670. The Labute approximate surface area is 170 Å². The van der Waals surface area contributed by atoms with Crippen LogP contribution in [0.1, 0.15) is 36.8 Å². The number of amides is 1. The van der Waals surface area contributed by atoms with Crippen molar-refractivity contribution in [1.82, 2.24) is 0 Å². The lowest BCUT2D eigenvalue weighted by Crippen LogP contribution is -2.33. The Morgan fingerprint density at radius 3 is 2.68 bits per heavy atom. The first-order valence-corrected chi connectivity index (χ1v) is 11.6. The van der Waals surface area contributed by atoms with Crippen molar-refractivity contribution in [2.75, 3.05) is 16.2 Å². The molecule has 0 aromatic heterocycles. The molecule has 4 rings (SSSR count). The van der Waals surface area contributed by atoms with Crippen LogP contribution in [0.3, 0.4) is 0 Å². The molecule has 1 amide bonds. The smallest absolute Gasteiger partial charge is 0.236 e. The SMILES string of the molecule is O=C(C1CCCC1)N1CCc2ccc(NS(=O)(=O)Cc3cccc(Cl)c3)cc21. The zero-order valence-electron chi connectivity index (χ0n) is 15.5. The maximum Gasteiger partial charge on any atom is 0.236 e. The van der Waals surface area contributed by atoms with Gasteiger partial charge in [-0.25, -0.2) is 8.42 Å². The third kappa shape index (κ3) is 4.18. The number of hydrogen-bond acceptors (Lipinski definition) is 3. The van der Waals surface area contributed by atoms with E-state index in [0.717, 1.165) is 43.4 Å². The van der Waals surface area contributed by atoms with Crippen LogP contribution in [0.25, 0.3) is 0 Å². The number of carbonyl (C=O) groups excluding carboxylic acids is 1. The fourth-order valence-corrected chi connectivity index (χ4v) is 5.52. The van der Waals surface area contributed by atoms with Crippen LogP contribution < -0.4 is 9.62 Å². The highest BCUT2D eigenvalue weighted by Gasteiger charge is 2.32. The van der Waals surface area contributed by atoms with Gasteiger partial charge in [0.25, 0.3) is 0 Å². The number of carbonyl (C=O) groups is 1. The number of rotatable bonds is 5. The van der Waals surface area contributed by atoms with E-state index in [1.54, 1.807) is 36.4 Å². The fourth-order valence-electron chi connectivity index (χ4n) is 4.13. The monoisotopic (exact) mass is 418 g/mol. The number of sulfonamides is 1. The first-order valence-electron chi connectivity index (χ1n) is 9.60. The minimum atomic E-state index is -3.59. The highest BCUT2D eigenvalue weighted by molar-refractivity contribution is 7.91. The van der Waals surface area contributed by atoms with Crippen molar-refractivity contribution < 1.29 is 13.2 Å². The minimum Gasteiger partial charge on any atom is -0.312 e. The van der Waals surface area contributed by atoms with Crippen molar-refractivity contribution in [2.24, 2.45) is 5.92 Å². The van der Waals surface area contributed by atoms with E-state index in [1.807, 2.05) is 11.0 Å². The molecule has 1 heterocycles. The second-order valence-electron chi connectivity index (χ2n) is 7.56. The summed E-state index contributed by atoms with van der Waals surface area (Å²) in [6.07, 6.45) is 4.94. The van der Waals surface area contributed by atoms with Crippen LogP contribution in [0, 0.1) is 5.92 Å². The number of nitrogens with zero attached hydrogens (tertiary/aromatic N) is 1. The molecule has 5 nitrogen and oxygen atoms in total. The van der Waals surface area contributed by atoms with E-state index in [4.69, 9.17) is 11.6 Å². The van der Waals surface area contributed by atoms with E-state index in [-0.39, 0.29) is 17.6 Å². The number of benzene rings is 2. The Morgan fingerprint density at radius 2 is 1.93 bits per heavy atom. The second kappa shape index (κ2) is 7.76. The van der Waals surface area contributed by atoms with Gasteiger partial charge in [0, 0.05) is 23.2 Å². The van der Waals surface area contributed by atoms with Crippen molar-refractivity contribution in [3.05, 3.63) is 58.6 Å². The van der Waals surface area contributed by atoms with Gasteiger partial charge in [-0.15, -0.1) is 0 Å². The van der Waals surface area contributed by atoms with Crippen molar-refractivity contribution in [3.8, 4) is 0 Å². The van der Waals surface area contributed by atoms with Crippen LogP contribution in [0.4, 0.5) is 11.4 Å². The summed E-state index contributed by atoms with van der Waals surface area (Å²) in [6, 6.07) is 12.3. The maximum absolute atomic E-state index is 12.9. The molecular formula is C21H23ClN2O3S. The van der Waals surface area contributed by atoms with Crippen LogP contribution in [-0.4, -0.2) is 20.9 Å². The molecule has 0 radical (unpaired) electrons. The number of halogens is 1. The van der Waals surface area contributed by atoms with Crippen molar-refractivity contribution in [3.63, 3.8) is 0 Å². The third-order valence-electron chi connectivity index (χ3n) is 5.47. The van der Waals surface area contributed by atoms with Gasteiger partial charge in [0.1, 0.15) is 0 Å². The molecule has 1 fully saturated rings. The first-order chi connectivity index (χ1) is 13.4. The van der Waals surface area contributed by atoms with Crippen molar-refractivity contribution in [2.45, 2.75) is 37.9 Å². The molecule has 0 atom stereocenters. The summed E-state index contributed by atoms with van der Waals surface area (Å²) in [5, 5.41) is 0.506. The van der Waals surface area contributed by atoms with Crippen molar-refractivity contribution in [1.29, 1.82) is 0 Å². The topological polar surface area (TPSA) is 66.5 Å². The Bertz CT molecular complexity index is 1000. The zero-order valence-corrected chi connectivity index (χ0v) is 17.1. The van der Waals surface area contributed by atoms with Gasteiger partial charge in [0.2, 0.25) is 15.9 Å². The minimum absolute atomic E-state index is 0.106. The van der Waals surface area contributed by atoms with E-state index in [9.17, 15) is 13.2 Å². The summed E-state index contributed by atoms with van der Waals surface area (Å²) >= 11 is 5.94. The Balaban J connectivity index is 1.52. The molecule has 28 heavy (non-hydrogen) atoms. The number of nitrogens with one attached hydrogen (secondary N) is 1. The molecule has 1 N–H and O–H groups in total. The predicted molar refractivity (Wildman–Crippen MR) is 112 cm³/mol. The average molecular weight is 419 g/mol. The molecule has 0 spiro atoms. The van der Waals surface area contributed by atoms with Gasteiger partial charge >= 0.3 is 0 Å². The molecule has 1 aliphatic heterocycles. The number of anilines is 2. The molecule has 0 unspecified atom stereocenters. The fraction of sp³-hybridized carbons (Fsp3) is 0.381. The molecule has 1 saturated carbocycles. The molecule has 0 saturated heterocycles. The summed E-state index contributed by atoms with van der Waals surface area (Å²) < 4.78 is 27.8. The normalized spacial score (nSPS) is 17.0. The quantitative estimate of drug-likeness (QED) is 0.784. The van der Waals surface area contributed by atoms with E-state index in [0.29, 0.717) is 22.8 Å². The van der Waals surface area contributed by atoms with Crippen LogP contribution in [0.2, 0.25) is 5.02 Å². The van der Waals surface area contributed by atoms with Gasteiger partial charge in [0.05, 0.1) is 11.4 Å². The van der Waals surface area contributed by atoms with E-state index < -0.39 is 10.0 Å². The second-order valence-corrected chi connectivity index (χ2v) is 9.71. The summed E-state index contributed by atoms with van der Waals surface area (Å²) in [5.41, 5.74) is 3.02. The molecule has 1 aliphatic carbocycles. The molecule has 2 aliphatic rings. The molecule has 7 heteroatoms. The largest absolute Gasteiger partial charge is 0.312 e. The van der Waals surface area contributed by atoms with Gasteiger partial charge in [-0.05, 0) is 54.7 Å². The predicted octanol–water partition coefficient (Wildman–Crippen LogP) is 4.36. The Hall–Kier alpha value is -2.05. The summed E-state index contributed by atoms with van der Waals surface area (Å²) in [4.78, 5) is 14.7. The lowest BCUT2D eigenvalue weighted by Gasteiger charge is -2.21. The Kier molecular flexibility index (Phi) is 5.34. The van der Waals surface area contributed by atoms with Gasteiger partial charge in [0.15, 0.2) is 0 Å². The zero-order chi connectivity index (χ0) is 19.7. The van der Waals surface area contributed by atoms with Gasteiger partial charge in [-0.3, -0.25) is 9.52 Å². The number of fused-ring (bicyclic) bond motifs is 1. The van der Waals surface area contributed by atoms with Crippen LogP contribution in [0.15, 0.2) is 42.5 Å². The highest BCUT2D eigenvalue weighted by atomic mass is 35.5. The van der Waals surface area contributed by atoms with E-state index in [1.165, 1.54) is 0 Å². The molecule has 2 aromatic rings. The molecule has 0 bridgehead atoms. The van der Waals surface area contributed by atoms with Gasteiger partial charge in [-0.2, -0.15) is 0 Å². The summed E-state index contributed by atoms with van der Waals surface area (Å²) in [5.74, 6) is 0.124. The highest BCUT2D eigenvalue weighted by Crippen LogP contribution is 2.35.